The summed E-state index contributed by atoms with van der Waals surface area (Å²) in [5.41, 5.74) is 1.86. The third-order valence-corrected chi connectivity index (χ3v) is 7.85. The third kappa shape index (κ3) is 6.77. The Kier molecular flexibility index (Phi) is 7.77. The molecular formula is C26H30F3N3O4S. The van der Waals surface area contributed by atoms with E-state index >= 15 is 0 Å². The van der Waals surface area contributed by atoms with Crippen LogP contribution in [0.1, 0.15) is 37.4 Å². The number of benzene rings is 2. The lowest BCUT2D eigenvalue weighted by Crippen LogP contribution is -2.39. The Balaban J connectivity index is 1.55. The molecule has 2 amide bonds. The van der Waals surface area contributed by atoms with Gasteiger partial charge in [-0.05, 0) is 55.7 Å². The van der Waals surface area contributed by atoms with Gasteiger partial charge in [-0.15, -0.1) is 24.9 Å². The van der Waals surface area contributed by atoms with Crippen molar-refractivity contribution in [1.82, 2.24) is 9.80 Å². The fourth-order valence-corrected chi connectivity index (χ4v) is 5.58. The first-order valence-electron chi connectivity index (χ1n) is 12.0. The maximum atomic E-state index is 13.4. The number of carbonyl (C=O) groups excluding carboxylic acids is 2. The number of halogens is 3. The van der Waals surface area contributed by atoms with Gasteiger partial charge in [0.15, 0.2) is 0 Å². The number of β-amino-alcohol motifs (C(OH)–C–C–N with tert-alkyl or cyclic N) is 1. The average molecular weight is 538 g/mol. The minimum Gasteiger partial charge on any atom is -0.406 e. The van der Waals surface area contributed by atoms with Crippen LogP contribution >= 0.6 is 11.8 Å². The van der Waals surface area contributed by atoms with Crippen LogP contribution in [0.3, 0.4) is 0 Å². The molecule has 37 heavy (non-hydrogen) atoms. The molecule has 1 saturated heterocycles. The van der Waals surface area contributed by atoms with Crippen molar-refractivity contribution in [3.05, 3.63) is 53.6 Å². The fraction of sp³-hybridized carbons (Fsp3) is 0.462. The van der Waals surface area contributed by atoms with Gasteiger partial charge in [0.1, 0.15) is 5.75 Å². The van der Waals surface area contributed by atoms with E-state index in [4.69, 9.17) is 0 Å². The number of likely N-dealkylation sites (tertiary alicyclic amines) is 1. The zero-order valence-corrected chi connectivity index (χ0v) is 21.7. The van der Waals surface area contributed by atoms with Crippen LogP contribution in [-0.2, 0) is 16.0 Å². The van der Waals surface area contributed by atoms with Gasteiger partial charge >= 0.3 is 6.36 Å². The summed E-state index contributed by atoms with van der Waals surface area (Å²) in [6.07, 6.45) is -4.66. The largest absolute Gasteiger partial charge is 0.573 e. The number of anilines is 1. The summed E-state index contributed by atoms with van der Waals surface area (Å²) in [6.45, 7) is 5.08. The van der Waals surface area contributed by atoms with Crippen LogP contribution in [0.25, 0.3) is 0 Å². The molecule has 0 unspecified atom stereocenters. The van der Waals surface area contributed by atoms with E-state index in [0.29, 0.717) is 42.9 Å². The molecule has 0 aliphatic carbocycles. The fourth-order valence-electron chi connectivity index (χ4n) is 4.53. The van der Waals surface area contributed by atoms with Crippen molar-refractivity contribution in [2.24, 2.45) is 0 Å². The SMILES string of the molecule is CN(C(=O)Cc1ccc2c(c1)NC(=O)C(C)(C)S2)[C@H](CN1CC[C@@H](O)C1)c1cccc(OC(F)(F)F)c1. The highest BCUT2D eigenvalue weighted by Gasteiger charge is 2.35. The van der Waals surface area contributed by atoms with Crippen LogP contribution < -0.4 is 10.1 Å². The third-order valence-electron chi connectivity index (χ3n) is 6.58. The molecule has 7 nitrogen and oxygen atoms in total. The van der Waals surface area contributed by atoms with Crippen molar-refractivity contribution >= 4 is 29.3 Å². The number of nitrogens with one attached hydrogen (secondary N) is 1. The summed E-state index contributed by atoms with van der Waals surface area (Å²) in [5, 5.41) is 12.8. The number of nitrogens with zero attached hydrogens (tertiary/aromatic N) is 2. The molecule has 2 aliphatic heterocycles. The second-order valence-electron chi connectivity index (χ2n) is 9.92. The van der Waals surface area contributed by atoms with E-state index in [-0.39, 0.29) is 24.0 Å². The summed E-state index contributed by atoms with van der Waals surface area (Å²) in [7, 11) is 1.62. The van der Waals surface area contributed by atoms with E-state index in [0.717, 1.165) is 4.90 Å². The Morgan fingerprint density at radius 2 is 2.05 bits per heavy atom. The quantitative estimate of drug-likeness (QED) is 0.551. The van der Waals surface area contributed by atoms with Crippen LogP contribution in [0, 0.1) is 0 Å². The highest BCUT2D eigenvalue weighted by Crippen LogP contribution is 2.42. The molecule has 2 aliphatic rings. The minimum atomic E-state index is -4.83. The molecule has 1 fully saturated rings. The Morgan fingerprint density at radius 3 is 2.73 bits per heavy atom. The number of thioether (sulfide) groups is 1. The number of likely N-dealkylation sites (N-methyl/N-ethyl adjacent to an activating group) is 1. The van der Waals surface area contributed by atoms with Gasteiger partial charge in [-0.25, -0.2) is 0 Å². The molecular weight excluding hydrogens is 507 g/mol. The number of hydrogen-bond donors (Lipinski definition) is 2. The normalized spacial score (nSPS) is 20.2. The molecule has 2 N–H and O–H groups in total. The number of rotatable bonds is 7. The average Bonchev–Trinajstić information content (AvgIpc) is 3.21. The summed E-state index contributed by atoms with van der Waals surface area (Å²) < 4.78 is 41.9. The number of fused-ring (bicyclic) bond motifs is 1. The maximum Gasteiger partial charge on any atom is 0.573 e. The van der Waals surface area contributed by atoms with Crippen LogP contribution in [-0.4, -0.2) is 70.6 Å². The lowest BCUT2D eigenvalue weighted by atomic mass is 10.0. The van der Waals surface area contributed by atoms with Crippen LogP contribution in [0.15, 0.2) is 47.4 Å². The van der Waals surface area contributed by atoms with E-state index in [2.05, 4.69) is 10.1 Å². The van der Waals surface area contributed by atoms with Crippen LogP contribution in [0.5, 0.6) is 5.75 Å². The smallest absolute Gasteiger partial charge is 0.406 e. The van der Waals surface area contributed by atoms with Crippen molar-refractivity contribution in [3.63, 3.8) is 0 Å². The maximum absolute atomic E-state index is 13.4. The van der Waals surface area contributed by atoms with Crippen molar-refractivity contribution < 1.29 is 32.6 Å². The van der Waals surface area contributed by atoms with E-state index in [1.165, 1.54) is 34.9 Å². The number of carbonyl (C=O) groups is 2. The first kappa shape index (κ1) is 27.3. The molecule has 0 saturated carbocycles. The summed E-state index contributed by atoms with van der Waals surface area (Å²) in [6, 6.07) is 10.6. The molecule has 2 aromatic carbocycles. The standard InChI is InChI=1S/C26H30F3N3O4S/c1-25(2)24(35)30-20-11-16(7-8-22(20)37-25)12-23(34)31(3)21(15-32-10-9-18(33)14-32)17-5-4-6-19(13-17)36-26(27,28)29/h4-8,11,13,18,21,33H,9-10,12,14-15H2,1-3H3,(H,30,35)/t18-,21-/m1/s1. The number of hydrogen-bond acceptors (Lipinski definition) is 6. The Hall–Kier alpha value is -2.76. The van der Waals surface area contributed by atoms with Crippen LogP contribution in [0.2, 0.25) is 0 Å². The first-order chi connectivity index (χ1) is 17.3. The summed E-state index contributed by atoms with van der Waals surface area (Å²) in [4.78, 5) is 30.2. The molecule has 0 spiro atoms. The van der Waals surface area contributed by atoms with E-state index in [1.54, 1.807) is 19.2 Å². The molecule has 0 aromatic heterocycles. The highest BCUT2D eigenvalue weighted by molar-refractivity contribution is 8.01. The van der Waals surface area contributed by atoms with Gasteiger partial charge in [0.2, 0.25) is 11.8 Å². The Labute approximate surface area is 218 Å². The lowest BCUT2D eigenvalue weighted by molar-refractivity contribution is -0.274. The highest BCUT2D eigenvalue weighted by atomic mass is 32.2. The Morgan fingerprint density at radius 1 is 1.30 bits per heavy atom. The first-order valence-corrected chi connectivity index (χ1v) is 12.8. The second kappa shape index (κ2) is 10.5. The molecule has 0 radical (unpaired) electrons. The number of ether oxygens (including phenoxy) is 1. The van der Waals surface area contributed by atoms with Crippen molar-refractivity contribution in [2.75, 3.05) is 32.0 Å². The molecule has 2 atom stereocenters. The van der Waals surface area contributed by atoms with E-state index < -0.39 is 23.3 Å². The van der Waals surface area contributed by atoms with Gasteiger partial charge < -0.3 is 20.1 Å². The monoisotopic (exact) mass is 537 g/mol. The van der Waals surface area contributed by atoms with Gasteiger partial charge in [0.05, 0.1) is 29.0 Å². The number of alkyl halides is 3. The van der Waals surface area contributed by atoms with Gasteiger partial charge in [0.25, 0.3) is 0 Å². The number of aliphatic hydroxyl groups is 1. The molecule has 0 bridgehead atoms. The Bertz CT molecular complexity index is 1170. The van der Waals surface area contributed by atoms with E-state index in [1.807, 2.05) is 30.9 Å². The zero-order valence-electron chi connectivity index (χ0n) is 20.8. The van der Waals surface area contributed by atoms with Crippen molar-refractivity contribution in [2.45, 2.75) is 54.8 Å². The van der Waals surface area contributed by atoms with Gasteiger partial charge in [-0.1, -0.05) is 18.2 Å². The predicted octanol–water partition coefficient (Wildman–Crippen LogP) is 4.22. The van der Waals surface area contributed by atoms with Gasteiger partial charge in [-0.2, -0.15) is 0 Å². The topological polar surface area (TPSA) is 82.1 Å². The van der Waals surface area contributed by atoms with Crippen molar-refractivity contribution in [1.29, 1.82) is 0 Å². The summed E-state index contributed by atoms with van der Waals surface area (Å²) >= 11 is 1.46. The second-order valence-corrected chi connectivity index (χ2v) is 11.6. The molecule has 2 aromatic rings. The minimum absolute atomic E-state index is 0.0472. The van der Waals surface area contributed by atoms with Gasteiger partial charge in [-0.3, -0.25) is 14.5 Å². The van der Waals surface area contributed by atoms with E-state index in [9.17, 15) is 27.9 Å². The number of aliphatic hydroxyl groups excluding tert-OH is 1. The zero-order chi connectivity index (χ0) is 27.0. The molecule has 200 valence electrons. The molecule has 11 heteroatoms. The van der Waals surface area contributed by atoms with Crippen molar-refractivity contribution in [3.8, 4) is 5.75 Å². The predicted molar refractivity (Wildman–Crippen MR) is 134 cm³/mol. The van der Waals surface area contributed by atoms with Gasteiger partial charge in [0, 0.05) is 31.6 Å². The molecule has 2 heterocycles. The molecule has 4 rings (SSSR count). The van der Waals surface area contributed by atoms with Crippen LogP contribution in [0.4, 0.5) is 18.9 Å². The number of amides is 2. The lowest BCUT2D eigenvalue weighted by Gasteiger charge is -2.33. The summed E-state index contributed by atoms with van der Waals surface area (Å²) in [5.74, 6) is -0.704.